The van der Waals surface area contributed by atoms with Crippen molar-refractivity contribution in [3.63, 3.8) is 0 Å². The Balaban J connectivity index is 2.65. The predicted molar refractivity (Wildman–Crippen MR) is 97.9 cm³/mol. The molecule has 1 aromatic rings. The summed E-state index contributed by atoms with van der Waals surface area (Å²) in [4.78, 5) is 36.3. The fraction of sp³-hybridized carbons (Fsp3) is 0.526. The molecule has 0 bridgehead atoms. The van der Waals surface area contributed by atoms with Gasteiger partial charge in [0.2, 0.25) is 0 Å². The van der Waals surface area contributed by atoms with Crippen LogP contribution in [-0.2, 0) is 14.3 Å². The average Bonchev–Trinajstić information content (AvgIpc) is 2.63. The van der Waals surface area contributed by atoms with E-state index >= 15 is 0 Å². The van der Waals surface area contributed by atoms with Crippen molar-refractivity contribution >= 4 is 17.8 Å². The highest BCUT2D eigenvalue weighted by Gasteiger charge is 2.26. The number of benzene rings is 1. The number of hydrogen-bond donors (Lipinski definition) is 2. The van der Waals surface area contributed by atoms with Gasteiger partial charge < -0.3 is 20.1 Å². The van der Waals surface area contributed by atoms with Crippen LogP contribution in [-0.4, -0.2) is 43.6 Å². The Morgan fingerprint density at radius 2 is 1.65 bits per heavy atom. The van der Waals surface area contributed by atoms with E-state index in [-0.39, 0.29) is 24.5 Å². The van der Waals surface area contributed by atoms with E-state index in [1.165, 1.54) is 7.11 Å². The Morgan fingerprint density at radius 3 is 2.15 bits per heavy atom. The van der Waals surface area contributed by atoms with Gasteiger partial charge in [-0.1, -0.05) is 20.8 Å². The number of ether oxygens (including phenoxy) is 2. The quantitative estimate of drug-likeness (QED) is 0.653. The summed E-state index contributed by atoms with van der Waals surface area (Å²) in [7, 11) is 1.54. The molecule has 7 heteroatoms. The lowest BCUT2D eigenvalue weighted by atomic mass is 10.0. The van der Waals surface area contributed by atoms with Crippen molar-refractivity contribution < 1.29 is 23.9 Å². The molecule has 1 rings (SSSR count). The van der Waals surface area contributed by atoms with Gasteiger partial charge in [-0.15, -0.1) is 0 Å². The predicted octanol–water partition coefficient (Wildman–Crippen LogP) is 1.91. The van der Waals surface area contributed by atoms with Gasteiger partial charge in [-0.2, -0.15) is 0 Å². The lowest BCUT2D eigenvalue weighted by Gasteiger charge is -2.21. The standard InChI is InChI=1S/C19H28N2O5/c1-6-13(4)20-16(22)11-26-19(24)17(12(2)3)21-18(23)14-7-9-15(25-5)10-8-14/h7-10,12-13,17H,6,11H2,1-5H3,(H,20,22)(H,21,23)/t13-,17+/m1/s1. The molecule has 0 saturated carbocycles. The minimum absolute atomic E-state index is 0.0110. The summed E-state index contributed by atoms with van der Waals surface area (Å²) < 4.78 is 10.1. The van der Waals surface area contributed by atoms with Crippen LogP contribution in [0, 0.1) is 5.92 Å². The van der Waals surface area contributed by atoms with E-state index in [2.05, 4.69) is 10.6 Å². The zero-order valence-corrected chi connectivity index (χ0v) is 16.0. The van der Waals surface area contributed by atoms with E-state index in [1.54, 1.807) is 38.1 Å². The fourth-order valence-electron chi connectivity index (χ4n) is 2.11. The lowest BCUT2D eigenvalue weighted by Crippen LogP contribution is -2.46. The van der Waals surface area contributed by atoms with E-state index in [0.717, 1.165) is 6.42 Å². The van der Waals surface area contributed by atoms with E-state index in [4.69, 9.17) is 9.47 Å². The second kappa shape index (κ2) is 10.4. The summed E-state index contributed by atoms with van der Waals surface area (Å²) >= 11 is 0. The van der Waals surface area contributed by atoms with E-state index in [0.29, 0.717) is 11.3 Å². The highest BCUT2D eigenvalue weighted by molar-refractivity contribution is 5.97. The smallest absolute Gasteiger partial charge is 0.329 e. The van der Waals surface area contributed by atoms with Gasteiger partial charge in [-0.3, -0.25) is 9.59 Å². The van der Waals surface area contributed by atoms with Crippen LogP contribution in [0.1, 0.15) is 44.5 Å². The second-order valence-corrected chi connectivity index (χ2v) is 6.41. The number of methoxy groups -OCH3 is 1. The minimum atomic E-state index is -0.846. The highest BCUT2D eigenvalue weighted by Crippen LogP contribution is 2.12. The fourth-order valence-corrected chi connectivity index (χ4v) is 2.11. The SMILES string of the molecule is CC[C@@H](C)NC(=O)COC(=O)[C@@H](NC(=O)c1ccc(OC)cc1)C(C)C. The molecule has 26 heavy (non-hydrogen) atoms. The van der Waals surface area contributed by atoms with E-state index in [1.807, 2.05) is 13.8 Å². The molecule has 2 atom stereocenters. The molecule has 0 fully saturated rings. The van der Waals surface area contributed by atoms with Crippen LogP contribution in [0.2, 0.25) is 0 Å². The summed E-state index contributed by atoms with van der Waals surface area (Å²) in [5, 5.41) is 5.37. The molecule has 1 aromatic carbocycles. The largest absolute Gasteiger partial charge is 0.497 e. The summed E-state index contributed by atoms with van der Waals surface area (Å²) in [5.41, 5.74) is 0.402. The van der Waals surface area contributed by atoms with Crippen molar-refractivity contribution in [2.24, 2.45) is 5.92 Å². The van der Waals surface area contributed by atoms with Crippen LogP contribution >= 0.6 is 0 Å². The van der Waals surface area contributed by atoms with Crippen LogP contribution in [0.15, 0.2) is 24.3 Å². The van der Waals surface area contributed by atoms with Gasteiger partial charge in [0.05, 0.1) is 7.11 Å². The summed E-state index contributed by atoms with van der Waals surface area (Å²) in [6.07, 6.45) is 0.784. The third-order valence-corrected chi connectivity index (χ3v) is 3.92. The van der Waals surface area contributed by atoms with Gasteiger partial charge in [0.1, 0.15) is 11.8 Å². The number of hydrogen-bond acceptors (Lipinski definition) is 5. The molecule has 2 amide bonds. The zero-order valence-electron chi connectivity index (χ0n) is 16.0. The monoisotopic (exact) mass is 364 g/mol. The molecular weight excluding hydrogens is 336 g/mol. The van der Waals surface area contributed by atoms with Gasteiger partial charge in [-0.25, -0.2) is 4.79 Å². The first-order valence-electron chi connectivity index (χ1n) is 8.69. The minimum Gasteiger partial charge on any atom is -0.497 e. The molecule has 2 N–H and O–H groups in total. The van der Waals surface area contributed by atoms with Crippen molar-refractivity contribution in [2.75, 3.05) is 13.7 Å². The third-order valence-electron chi connectivity index (χ3n) is 3.92. The van der Waals surface area contributed by atoms with Crippen LogP contribution in [0.5, 0.6) is 5.75 Å². The zero-order chi connectivity index (χ0) is 19.7. The van der Waals surface area contributed by atoms with Crippen LogP contribution < -0.4 is 15.4 Å². The first kappa shape index (κ1) is 21.5. The van der Waals surface area contributed by atoms with Gasteiger partial charge in [-0.05, 0) is 43.5 Å². The number of rotatable bonds is 9. The maximum Gasteiger partial charge on any atom is 0.329 e. The Bertz CT molecular complexity index is 613. The second-order valence-electron chi connectivity index (χ2n) is 6.41. The first-order chi connectivity index (χ1) is 12.3. The Labute approximate surface area is 154 Å². The van der Waals surface area contributed by atoms with E-state index < -0.39 is 17.9 Å². The third kappa shape index (κ3) is 6.74. The number of esters is 1. The van der Waals surface area contributed by atoms with Crippen molar-refractivity contribution in [1.29, 1.82) is 0 Å². The summed E-state index contributed by atoms with van der Waals surface area (Å²) in [5.74, 6) is -0.957. The maximum absolute atomic E-state index is 12.3. The van der Waals surface area contributed by atoms with Gasteiger partial charge in [0, 0.05) is 11.6 Å². The molecule has 144 valence electrons. The van der Waals surface area contributed by atoms with Gasteiger partial charge in [0.25, 0.3) is 11.8 Å². The molecule has 0 radical (unpaired) electrons. The summed E-state index contributed by atoms with van der Waals surface area (Å²) in [6.45, 7) is 7.02. The molecule has 0 aliphatic heterocycles. The molecule has 0 aliphatic carbocycles. The number of amides is 2. The number of nitrogens with one attached hydrogen (secondary N) is 2. The number of carbonyl (C=O) groups excluding carboxylic acids is 3. The highest BCUT2D eigenvalue weighted by atomic mass is 16.5. The molecule has 0 aliphatic rings. The molecule has 0 spiro atoms. The topological polar surface area (TPSA) is 93.7 Å². The lowest BCUT2D eigenvalue weighted by molar-refractivity contribution is -0.151. The molecule has 0 heterocycles. The first-order valence-corrected chi connectivity index (χ1v) is 8.69. The van der Waals surface area contributed by atoms with Gasteiger partial charge >= 0.3 is 5.97 Å². The summed E-state index contributed by atoms with van der Waals surface area (Å²) in [6, 6.07) is 5.71. The Morgan fingerprint density at radius 1 is 1.04 bits per heavy atom. The molecule has 0 unspecified atom stereocenters. The van der Waals surface area contributed by atoms with Crippen LogP contribution in [0.4, 0.5) is 0 Å². The number of carbonyl (C=O) groups is 3. The maximum atomic E-state index is 12.3. The van der Waals surface area contributed by atoms with Crippen LogP contribution in [0.25, 0.3) is 0 Å². The van der Waals surface area contributed by atoms with Crippen LogP contribution in [0.3, 0.4) is 0 Å². The molecule has 7 nitrogen and oxygen atoms in total. The van der Waals surface area contributed by atoms with Crippen molar-refractivity contribution in [3.8, 4) is 5.75 Å². The molecular formula is C19H28N2O5. The van der Waals surface area contributed by atoms with Crippen molar-refractivity contribution in [3.05, 3.63) is 29.8 Å². The van der Waals surface area contributed by atoms with Crippen molar-refractivity contribution in [1.82, 2.24) is 10.6 Å². The van der Waals surface area contributed by atoms with Gasteiger partial charge in [0.15, 0.2) is 6.61 Å². The van der Waals surface area contributed by atoms with E-state index in [9.17, 15) is 14.4 Å². The normalized spacial score (nSPS) is 12.8. The average molecular weight is 364 g/mol. The Kier molecular flexibility index (Phi) is 8.61. The Hall–Kier alpha value is -2.57. The molecule has 0 aromatic heterocycles. The molecule has 0 saturated heterocycles. The van der Waals surface area contributed by atoms with Crippen molar-refractivity contribution in [2.45, 2.75) is 46.2 Å².